The van der Waals surface area contributed by atoms with E-state index in [1.165, 1.54) is 51.4 Å². The molecular weight excluding hydrogens is 406 g/mol. The highest BCUT2D eigenvalue weighted by Crippen LogP contribution is 2.11. The van der Waals surface area contributed by atoms with Crippen LogP contribution in [0.3, 0.4) is 0 Å². The van der Waals surface area contributed by atoms with E-state index >= 15 is 0 Å². The molecule has 0 fully saturated rings. The number of tetrazole rings is 1. The largest absolute Gasteiger partial charge is 0.461 e. The van der Waals surface area contributed by atoms with Crippen molar-refractivity contribution in [1.82, 2.24) is 20.2 Å². The Balaban J connectivity index is 1.83. The number of esters is 1. The number of ether oxygens (including phenoxy) is 1. The number of nitrogens with zero attached hydrogens (tertiary/aromatic N) is 5. The highest BCUT2D eigenvalue weighted by atomic mass is 16.6. The topological polar surface area (TPSA) is 91.5 Å². The fourth-order valence-electron chi connectivity index (χ4n) is 3.39. The fourth-order valence-corrected chi connectivity index (χ4v) is 3.39. The molecule has 176 valence electrons. The van der Waals surface area contributed by atoms with Crippen LogP contribution in [0.2, 0.25) is 0 Å². The van der Waals surface area contributed by atoms with Crippen LogP contribution in [-0.4, -0.2) is 38.5 Å². The third-order valence-corrected chi connectivity index (χ3v) is 5.17. The highest BCUT2D eigenvalue weighted by Gasteiger charge is 2.23. The van der Waals surface area contributed by atoms with Gasteiger partial charge in [-0.25, -0.2) is 9.48 Å². The minimum absolute atomic E-state index is 0.0140. The Kier molecular flexibility index (Phi) is 12.7. The third kappa shape index (κ3) is 9.58. The third-order valence-electron chi connectivity index (χ3n) is 5.17. The number of benzene rings is 1. The minimum Gasteiger partial charge on any atom is -0.461 e. The van der Waals surface area contributed by atoms with Crippen molar-refractivity contribution in [2.45, 2.75) is 91.2 Å². The molecule has 0 radical (unpaired) electrons. The van der Waals surface area contributed by atoms with E-state index in [1.807, 2.05) is 30.3 Å². The van der Waals surface area contributed by atoms with Gasteiger partial charge < -0.3 is 9.57 Å². The van der Waals surface area contributed by atoms with E-state index < -0.39 is 5.97 Å². The number of oxime groups is 1. The van der Waals surface area contributed by atoms with Crippen molar-refractivity contribution in [3.8, 4) is 0 Å². The van der Waals surface area contributed by atoms with Crippen LogP contribution in [0.15, 0.2) is 35.5 Å². The molecule has 0 unspecified atom stereocenters. The lowest BCUT2D eigenvalue weighted by atomic mass is 10.1. The van der Waals surface area contributed by atoms with Gasteiger partial charge in [-0.15, -0.1) is 5.10 Å². The number of carbonyl (C=O) groups is 1. The van der Waals surface area contributed by atoms with E-state index in [1.54, 1.807) is 11.6 Å². The van der Waals surface area contributed by atoms with Crippen LogP contribution >= 0.6 is 0 Å². The van der Waals surface area contributed by atoms with Crippen molar-refractivity contribution in [2.24, 2.45) is 5.16 Å². The molecule has 2 aromatic rings. The van der Waals surface area contributed by atoms with Crippen LogP contribution in [0, 0.1) is 0 Å². The van der Waals surface area contributed by atoms with Crippen molar-refractivity contribution < 1.29 is 14.4 Å². The van der Waals surface area contributed by atoms with E-state index in [0.717, 1.165) is 18.4 Å². The van der Waals surface area contributed by atoms with Gasteiger partial charge in [-0.05, 0) is 29.3 Å². The second kappa shape index (κ2) is 15.9. The van der Waals surface area contributed by atoms with Gasteiger partial charge in [0.05, 0.1) is 6.61 Å². The van der Waals surface area contributed by atoms with E-state index in [4.69, 9.17) is 9.57 Å². The van der Waals surface area contributed by atoms with Crippen molar-refractivity contribution in [2.75, 3.05) is 6.61 Å². The summed E-state index contributed by atoms with van der Waals surface area (Å²) in [5.74, 6) is -0.327. The molecule has 0 aliphatic carbocycles. The van der Waals surface area contributed by atoms with Crippen molar-refractivity contribution in [1.29, 1.82) is 0 Å². The van der Waals surface area contributed by atoms with E-state index in [2.05, 4.69) is 27.6 Å². The molecule has 0 aliphatic heterocycles. The molecule has 0 N–H and O–H groups in total. The number of aryl methyl sites for hydroxylation is 1. The maximum absolute atomic E-state index is 12.4. The number of hydrogen-bond acceptors (Lipinski definition) is 7. The molecule has 2 rings (SSSR count). The van der Waals surface area contributed by atoms with E-state index in [-0.39, 0.29) is 24.7 Å². The van der Waals surface area contributed by atoms with Gasteiger partial charge in [-0.2, -0.15) is 0 Å². The van der Waals surface area contributed by atoms with Crippen LogP contribution in [0.5, 0.6) is 0 Å². The van der Waals surface area contributed by atoms with Gasteiger partial charge in [-0.3, -0.25) is 0 Å². The Morgan fingerprint density at radius 3 is 2.25 bits per heavy atom. The second-order valence-corrected chi connectivity index (χ2v) is 7.83. The molecular formula is C24H37N5O3. The number of aromatic nitrogens is 4. The van der Waals surface area contributed by atoms with Crippen molar-refractivity contribution in [3.63, 3.8) is 0 Å². The Morgan fingerprint density at radius 2 is 1.59 bits per heavy atom. The summed E-state index contributed by atoms with van der Waals surface area (Å²) in [6.07, 6.45) is 12.5. The van der Waals surface area contributed by atoms with Crippen LogP contribution in [-0.2, 0) is 27.5 Å². The zero-order valence-corrected chi connectivity index (χ0v) is 19.5. The first kappa shape index (κ1) is 25.5. The molecule has 0 saturated carbocycles. The fraction of sp³-hybridized carbons (Fsp3) is 0.625. The summed E-state index contributed by atoms with van der Waals surface area (Å²) >= 11 is 0. The van der Waals surface area contributed by atoms with Gasteiger partial charge in [0.25, 0.3) is 0 Å². The molecule has 1 aromatic carbocycles. The summed E-state index contributed by atoms with van der Waals surface area (Å²) in [7, 11) is 0. The zero-order chi connectivity index (χ0) is 22.9. The normalized spacial score (nSPS) is 11.5. The molecule has 0 amide bonds. The molecule has 0 aliphatic rings. The lowest BCUT2D eigenvalue weighted by molar-refractivity contribution is -0.135. The first-order chi connectivity index (χ1) is 15.8. The first-order valence-corrected chi connectivity index (χ1v) is 11.9. The van der Waals surface area contributed by atoms with Crippen molar-refractivity contribution in [3.05, 3.63) is 41.7 Å². The Hall–Kier alpha value is -2.77. The molecule has 8 nitrogen and oxygen atoms in total. The molecule has 0 spiro atoms. The number of hydrogen-bond donors (Lipinski definition) is 0. The van der Waals surface area contributed by atoms with Crippen LogP contribution in [0.4, 0.5) is 0 Å². The minimum atomic E-state index is -0.598. The summed E-state index contributed by atoms with van der Waals surface area (Å²) in [4.78, 5) is 17.8. The van der Waals surface area contributed by atoms with Crippen LogP contribution < -0.4 is 0 Å². The van der Waals surface area contributed by atoms with Gasteiger partial charge in [0.2, 0.25) is 11.5 Å². The van der Waals surface area contributed by atoms with Gasteiger partial charge >= 0.3 is 5.97 Å². The lowest BCUT2D eigenvalue weighted by Crippen LogP contribution is -2.24. The predicted octanol–water partition coefficient (Wildman–Crippen LogP) is 5.08. The maximum Gasteiger partial charge on any atom is 0.364 e. The lowest BCUT2D eigenvalue weighted by Gasteiger charge is -2.08. The number of unbranched alkanes of at least 4 members (excludes halogenated alkanes) is 9. The summed E-state index contributed by atoms with van der Waals surface area (Å²) in [6, 6.07) is 9.62. The molecule has 8 heteroatoms. The smallest absolute Gasteiger partial charge is 0.364 e. The highest BCUT2D eigenvalue weighted by molar-refractivity contribution is 6.42. The molecule has 32 heavy (non-hydrogen) atoms. The average molecular weight is 444 g/mol. The summed E-state index contributed by atoms with van der Waals surface area (Å²) in [5, 5.41) is 15.8. The summed E-state index contributed by atoms with van der Waals surface area (Å²) < 4.78 is 6.74. The van der Waals surface area contributed by atoms with Gasteiger partial charge in [0, 0.05) is 6.54 Å². The molecule has 0 atom stereocenters. The zero-order valence-electron chi connectivity index (χ0n) is 19.5. The Bertz CT molecular complexity index is 792. The second-order valence-electron chi connectivity index (χ2n) is 7.83. The van der Waals surface area contributed by atoms with Gasteiger partial charge in [-0.1, -0.05) is 100 Å². The quantitative estimate of drug-likeness (QED) is 0.147. The predicted molar refractivity (Wildman–Crippen MR) is 124 cm³/mol. The monoisotopic (exact) mass is 443 g/mol. The maximum atomic E-state index is 12.4. The van der Waals surface area contributed by atoms with Crippen molar-refractivity contribution >= 4 is 11.7 Å². The summed E-state index contributed by atoms with van der Waals surface area (Å²) in [5.41, 5.74) is 0.935. The molecule has 1 aromatic heterocycles. The first-order valence-electron chi connectivity index (χ1n) is 11.9. The number of rotatable bonds is 17. The Morgan fingerprint density at radius 1 is 0.938 bits per heavy atom. The SMILES string of the molecule is CCCCCCCCCCCCn1nnnc1/C(=N\OCc1ccccc1)C(=O)OCC. The van der Waals surface area contributed by atoms with E-state index in [0.29, 0.717) is 6.54 Å². The van der Waals surface area contributed by atoms with E-state index in [9.17, 15) is 4.79 Å². The van der Waals surface area contributed by atoms with Crippen LogP contribution in [0.25, 0.3) is 0 Å². The van der Waals surface area contributed by atoms with Gasteiger partial charge in [0.15, 0.2) is 0 Å². The summed E-state index contributed by atoms with van der Waals surface area (Å²) in [6.45, 7) is 5.08. The number of carbonyl (C=O) groups excluding carboxylic acids is 1. The molecule has 1 heterocycles. The molecule has 0 bridgehead atoms. The standard InChI is InChI=1S/C24H37N5O3/c1-3-5-6-7-8-9-10-11-12-16-19-29-23(25-27-28-29)22(24(30)31-4-2)26-32-20-21-17-14-13-15-18-21/h13-15,17-18H,3-12,16,19-20H2,1-2H3/b26-22+. The Labute approximate surface area is 191 Å². The van der Waals surface area contributed by atoms with Gasteiger partial charge in [0.1, 0.15) is 6.61 Å². The molecule has 0 saturated heterocycles. The average Bonchev–Trinajstić information content (AvgIpc) is 3.27. The van der Waals surface area contributed by atoms with Crippen LogP contribution in [0.1, 0.15) is 89.4 Å².